The Balaban J connectivity index is 1.17. The fourth-order valence-corrected chi connectivity index (χ4v) is 12.0. The zero-order valence-corrected chi connectivity index (χ0v) is 48.8. The molecule has 20 heteroatoms. The molecule has 2 aliphatic rings. The molecular formula is C58H74IN7O11S. The van der Waals surface area contributed by atoms with Crippen molar-refractivity contribution in [1.29, 1.82) is 5.41 Å². The molecular weight excluding hydrogens is 1130 g/mol. The highest BCUT2D eigenvalue weighted by Gasteiger charge is 2.36. The van der Waals surface area contributed by atoms with Gasteiger partial charge in [0.2, 0.25) is 17.8 Å². The molecule has 1 heterocycles. The number of guanidine groups is 1. The smallest absolute Gasteiger partial charge is 0.407 e. The molecule has 0 saturated carbocycles. The number of hydrogen-bond donors (Lipinski definition) is 7. The molecule has 6 rings (SSSR count). The third-order valence-electron chi connectivity index (χ3n) is 13.6. The normalized spacial score (nSPS) is 15.3. The quantitative estimate of drug-likeness (QED) is 0.00700. The molecule has 78 heavy (non-hydrogen) atoms. The van der Waals surface area contributed by atoms with E-state index in [0.29, 0.717) is 48.1 Å². The van der Waals surface area contributed by atoms with Gasteiger partial charge in [0.15, 0.2) is 0 Å². The first-order valence-corrected chi connectivity index (χ1v) is 28.8. The molecule has 1 unspecified atom stereocenters. The summed E-state index contributed by atoms with van der Waals surface area (Å²) in [7, 11) is -4.26. The maximum absolute atomic E-state index is 14.5. The number of carbonyl (C=O) groups is 5. The molecule has 0 spiro atoms. The second-order valence-electron chi connectivity index (χ2n) is 21.2. The van der Waals surface area contributed by atoms with Crippen LogP contribution in [0, 0.1) is 29.8 Å². The fraction of sp³-hybridized carbons (Fsp3) is 0.448. The van der Waals surface area contributed by atoms with E-state index in [9.17, 15) is 32.4 Å². The van der Waals surface area contributed by atoms with E-state index in [2.05, 4.69) is 60.5 Å². The molecule has 18 nitrogen and oxygen atoms in total. The number of unbranched alkanes of at least 4 members (excludes halogenated alkanes) is 1. The number of benzene rings is 4. The van der Waals surface area contributed by atoms with Crippen LogP contribution in [0.3, 0.4) is 0 Å². The first-order valence-electron chi connectivity index (χ1n) is 26.3. The molecule has 7 N–H and O–H groups in total. The number of sulfonamides is 1. The van der Waals surface area contributed by atoms with Crippen molar-refractivity contribution >= 4 is 68.5 Å². The largest absolute Gasteiger partial charge is 0.487 e. The monoisotopic (exact) mass is 1200 g/mol. The summed E-state index contributed by atoms with van der Waals surface area (Å²) in [4.78, 5) is 68.5. The van der Waals surface area contributed by atoms with Crippen LogP contribution < -0.4 is 36.0 Å². The van der Waals surface area contributed by atoms with Crippen molar-refractivity contribution in [1.82, 2.24) is 31.3 Å². The predicted octanol–water partition coefficient (Wildman–Crippen LogP) is 8.79. The summed E-state index contributed by atoms with van der Waals surface area (Å²) < 4.78 is 54.3. The van der Waals surface area contributed by atoms with Gasteiger partial charge in [-0.25, -0.2) is 27.5 Å². The minimum absolute atomic E-state index is 0.00502. The Morgan fingerprint density at radius 3 is 2.14 bits per heavy atom. The van der Waals surface area contributed by atoms with Crippen LogP contribution in [0.25, 0.3) is 11.1 Å². The second-order valence-corrected chi connectivity index (χ2v) is 24.0. The van der Waals surface area contributed by atoms with Gasteiger partial charge in [0.25, 0.3) is 10.0 Å². The van der Waals surface area contributed by atoms with Gasteiger partial charge in [-0.05, 0) is 185 Å². The van der Waals surface area contributed by atoms with Crippen LogP contribution in [0.2, 0.25) is 0 Å². The van der Waals surface area contributed by atoms with Gasteiger partial charge in [-0.15, -0.1) is 6.58 Å². The Morgan fingerprint density at radius 2 is 1.44 bits per heavy atom. The van der Waals surface area contributed by atoms with Crippen LogP contribution in [-0.2, 0) is 51.6 Å². The Hall–Kier alpha value is -6.68. The zero-order chi connectivity index (χ0) is 57.0. The van der Waals surface area contributed by atoms with Gasteiger partial charge in [-0.2, -0.15) is 0 Å². The van der Waals surface area contributed by atoms with Crippen LogP contribution in [0.1, 0.15) is 124 Å². The van der Waals surface area contributed by atoms with Crippen molar-refractivity contribution in [2.24, 2.45) is 0 Å². The Morgan fingerprint density at radius 1 is 0.795 bits per heavy atom. The van der Waals surface area contributed by atoms with Crippen molar-refractivity contribution in [3.63, 3.8) is 0 Å². The number of esters is 1. The van der Waals surface area contributed by atoms with Crippen molar-refractivity contribution in [2.75, 3.05) is 19.7 Å². The number of carbonyl (C=O) groups excluding carboxylic acids is 5. The summed E-state index contributed by atoms with van der Waals surface area (Å²) in [5, 5.41) is 22.3. The van der Waals surface area contributed by atoms with E-state index in [4.69, 9.17) is 24.4 Å². The van der Waals surface area contributed by atoms with Crippen molar-refractivity contribution < 1.29 is 51.3 Å². The number of amides is 4. The fourth-order valence-electron chi connectivity index (χ4n) is 9.61. The molecule has 0 radical (unpaired) electrons. The predicted molar refractivity (Wildman–Crippen MR) is 307 cm³/mol. The number of halogens is 1. The standard InChI is InChI=1S/C58H74IN7O11S/c1-10-20-47(53(69)74-33-38-21-12-11-13-22-38)64-51(67)45(28-19-32-61-54(60)66-78(72,73)50-36(3)35(2)49-39(37(50)4)29-30-58(8,9)76-49)63-52(68)46(27-16-17-31-62-55(70)77-57(5,6)7)65-56(71)75-34-43-41-24-15-14-23-40(41)42-25-18-26-44(59)48(42)43/h10-15,18,21-26,43,45-47H,1,16-17,19-20,27-34H2,2-9H3,(H,62,70)(H,63,68)(H,64,67)(H,65,71)(H3,60,61,66)/t43?,45-,46-,47+/m1/s1. The summed E-state index contributed by atoms with van der Waals surface area (Å²) in [5.74, 6) is -2.33. The molecule has 420 valence electrons. The molecule has 4 amide bonds. The lowest BCUT2D eigenvalue weighted by molar-refractivity contribution is -0.149. The molecule has 0 aromatic heterocycles. The summed E-state index contributed by atoms with van der Waals surface area (Å²) in [6.45, 7) is 18.4. The third-order valence-corrected chi connectivity index (χ3v) is 16.2. The van der Waals surface area contributed by atoms with E-state index in [1.54, 1.807) is 58.9 Å². The Bertz CT molecular complexity index is 2980. The summed E-state index contributed by atoms with van der Waals surface area (Å²) in [6.07, 6.45) is 2.13. The highest BCUT2D eigenvalue weighted by atomic mass is 127. The molecule has 4 aromatic rings. The highest BCUT2D eigenvalue weighted by Crippen LogP contribution is 2.47. The minimum atomic E-state index is -4.26. The molecule has 0 saturated heterocycles. The van der Waals surface area contributed by atoms with E-state index in [1.165, 1.54) is 6.08 Å². The topological polar surface area (TPSA) is 252 Å². The maximum Gasteiger partial charge on any atom is 0.407 e. The molecule has 1 aliphatic heterocycles. The average molecular weight is 1200 g/mol. The number of nitrogens with one attached hydrogen (secondary N) is 7. The lowest BCUT2D eigenvalue weighted by Crippen LogP contribution is -2.56. The van der Waals surface area contributed by atoms with Gasteiger partial charge in [-0.1, -0.05) is 72.8 Å². The van der Waals surface area contributed by atoms with Crippen LogP contribution in [0.5, 0.6) is 5.75 Å². The van der Waals surface area contributed by atoms with Crippen molar-refractivity contribution in [3.8, 4) is 16.9 Å². The SMILES string of the molecule is C=CC[C@H](NC(=O)[C@@H](CCCNC(=N)NS(=O)(=O)c1c(C)c(C)c2c(c1C)CCC(C)(C)O2)NC(=O)[C@@H](CCCCNC(=O)OC(C)(C)C)NC(=O)OCC1c2ccccc2-c2cccc(I)c21)C(=O)OCc1ccccc1. The molecule has 0 bridgehead atoms. The Labute approximate surface area is 472 Å². The number of fused-ring (bicyclic) bond motifs is 4. The van der Waals surface area contributed by atoms with Crippen molar-refractivity contribution in [3.05, 3.63) is 128 Å². The minimum Gasteiger partial charge on any atom is -0.487 e. The zero-order valence-electron chi connectivity index (χ0n) is 45.8. The van der Waals surface area contributed by atoms with Gasteiger partial charge in [-0.3, -0.25) is 15.0 Å². The van der Waals surface area contributed by atoms with Crippen LogP contribution in [0.4, 0.5) is 9.59 Å². The summed E-state index contributed by atoms with van der Waals surface area (Å²) >= 11 is 2.27. The van der Waals surface area contributed by atoms with Crippen molar-refractivity contribution in [2.45, 2.75) is 154 Å². The maximum atomic E-state index is 14.5. The first-order chi connectivity index (χ1) is 36.9. The number of alkyl carbamates (subject to hydrolysis) is 2. The van der Waals surface area contributed by atoms with Crippen LogP contribution in [0.15, 0.2) is 90.3 Å². The van der Waals surface area contributed by atoms with Gasteiger partial charge >= 0.3 is 18.2 Å². The molecule has 4 atom stereocenters. The van der Waals surface area contributed by atoms with Gasteiger partial charge in [0, 0.05) is 22.6 Å². The first kappa shape index (κ1) is 60.5. The molecule has 4 aromatic carbocycles. The van der Waals surface area contributed by atoms with Gasteiger partial charge in [0.1, 0.15) is 48.3 Å². The molecule has 0 fully saturated rings. The van der Waals surface area contributed by atoms with E-state index >= 15 is 0 Å². The average Bonchev–Trinajstić information content (AvgIpc) is 3.74. The van der Waals surface area contributed by atoms with Crippen LogP contribution in [-0.4, -0.2) is 93.4 Å². The lowest BCUT2D eigenvalue weighted by atomic mass is 9.88. The highest BCUT2D eigenvalue weighted by molar-refractivity contribution is 14.1. The number of hydrogen-bond acceptors (Lipinski definition) is 12. The summed E-state index contributed by atoms with van der Waals surface area (Å²) in [5.41, 5.74) is 6.30. The second kappa shape index (κ2) is 26.8. The summed E-state index contributed by atoms with van der Waals surface area (Å²) in [6, 6.07) is 19.2. The van der Waals surface area contributed by atoms with E-state index < -0.39 is 75.3 Å². The van der Waals surface area contributed by atoms with E-state index in [-0.39, 0.29) is 62.8 Å². The van der Waals surface area contributed by atoms with E-state index in [1.807, 2.05) is 69.3 Å². The number of ether oxygens (including phenoxy) is 4. The molecule has 1 aliphatic carbocycles. The Kier molecular flexibility index (Phi) is 20.8. The van der Waals surface area contributed by atoms with Gasteiger partial charge in [0.05, 0.1) is 4.90 Å². The van der Waals surface area contributed by atoms with E-state index in [0.717, 1.165) is 37.0 Å². The third kappa shape index (κ3) is 16.2. The number of rotatable bonds is 23. The van der Waals surface area contributed by atoms with Crippen LogP contribution >= 0.6 is 22.6 Å². The van der Waals surface area contributed by atoms with Gasteiger partial charge < -0.3 is 45.5 Å². The lowest BCUT2D eigenvalue weighted by Gasteiger charge is -2.35.